The van der Waals surface area contributed by atoms with Crippen LogP contribution in [0.2, 0.25) is 26.2 Å². The molecular weight excluding hydrogens is 1700 g/mol. The van der Waals surface area contributed by atoms with Crippen LogP contribution in [0, 0.1) is 0 Å². The van der Waals surface area contributed by atoms with Crippen LogP contribution in [0.3, 0.4) is 0 Å². The predicted octanol–water partition coefficient (Wildman–Crippen LogP) is 30.1. The van der Waals surface area contributed by atoms with E-state index in [4.69, 9.17) is 0 Å². The summed E-state index contributed by atoms with van der Waals surface area (Å²) in [6, 6.07) is 72.0. The molecule has 16 aromatic rings. The number of allylic oxidation sites excluding steroid dienone is 1. The van der Waals surface area contributed by atoms with Gasteiger partial charge in [-0.3, -0.25) is 9.59 Å². The number of carbonyl (C=O) groups is 2. The highest BCUT2D eigenvalue weighted by Crippen LogP contribution is 2.55. The van der Waals surface area contributed by atoms with Gasteiger partial charge < -0.3 is 14.4 Å². The van der Waals surface area contributed by atoms with E-state index >= 15 is 0 Å². The summed E-state index contributed by atoms with van der Waals surface area (Å²) >= 11 is 16.4. The van der Waals surface area contributed by atoms with Crippen LogP contribution in [-0.2, 0) is 27.5 Å². The first-order valence-corrected chi connectivity index (χ1v) is 54.0. The lowest BCUT2D eigenvalue weighted by Crippen LogP contribution is -2.49. The zero-order chi connectivity index (χ0) is 87.4. The molecule has 0 unspecified atom stereocenters. The number of amides is 2. The number of thiophene rings is 9. The monoisotopic (exact) mass is 1800 g/mol. The van der Waals surface area contributed by atoms with Crippen LogP contribution in [0.4, 0.5) is 0 Å². The van der Waals surface area contributed by atoms with Gasteiger partial charge in [0.2, 0.25) is 0 Å². The molecule has 123 heavy (non-hydrogen) atoms. The molecule has 4 aliphatic heterocycles. The molecule has 0 bridgehead atoms. The number of hydrogen-bond acceptors (Lipinski definition) is 11. The van der Waals surface area contributed by atoms with E-state index < -0.39 is 16.1 Å². The van der Waals surface area contributed by atoms with E-state index in [2.05, 4.69) is 334 Å². The Kier molecular flexibility index (Phi) is 26.9. The van der Waals surface area contributed by atoms with Gasteiger partial charge in [0, 0.05) is 123 Å². The highest BCUT2D eigenvalue weighted by Gasteiger charge is 2.43. The Balaban J connectivity index is 0.000000114. The molecule has 6 aromatic carbocycles. The minimum Gasteiger partial charge on any atom is -0.344 e. The summed E-state index contributed by atoms with van der Waals surface area (Å²) in [7, 11) is 2.55. The van der Waals surface area contributed by atoms with Crippen molar-refractivity contribution in [3.63, 3.8) is 0 Å². The Bertz CT molecular complexity index is 6590. The van der Waals surface area contributed by atoms with Gasteiger partial charge in [0.1, 0.15) is 16.1 Å². The normalized spacial score (nSPS) is 14.2. The maximum Gasteiger partial charge on any atom is 0.260 e. The van der Waals surface area contributed by atoms with E-state index in [9.17, 15) is 9.59 Å². The van der Waals surface area contributed by atoms with Gasteiger partial charge in [-0.2, -0.15) is 0 Å². The van der Waals surface area contributed by atoms with E-state index in [0.29, 0.717) is 16.8 Å². The third-order valence-electron chi connectivity index (χ3n) is 23.4. The smallest absolute Gasteiger partial charge is 0.260 e. The van der Waals surface area contributed by atoms with E-state index in [1.807, 2.05) is 111 Å². The Labute approximate surface area is 763 Å². The molecular formula is C107H99N3O2S9Si2. The van der Waals surface area contributed by atoms with E-state index in [1.165, 1.54) is 162 Å². The number of fused-ring (bicyclic) bond motifs is 17. The van der Waals surface area contributed by atoms with Crippen molar-refractivity contribution in [1.82, 2.24) is 14.4 Å². The lowest BCUT2D eigenvalue weighted by Gasteiger charge is -2.21. The highest BCUT2D eigenvalue weighted by molar-refractivity contribution is 7.29. The molecule has 0 saturated carbocycles. The van der Waals surface area contributed by atoms with Gasteiger partial charge in [-0.05, 0) is 182 Å². The molecule has 0 atom stereocenters. The maximum absolute atomic E-state index is 11.6. The molecule has 0 spiro atoms. The fourth-order valence-electron chi connectivity index (χ4n) is 16.6. The minimum atomic E-state index is -1.48. The number of para-hydroxylation sites is 1. The summed E-state index contributed by atoms with van der Waals surface area (Å²) in [5.41, 5.74) is 19.4. The van der Waals surface area contributed by atoms with Crippen molar-refractivity contribution in [2.24, 2.45) is 7.05 Å². The maximum atomic E-state index is 11.6. The Morgan fingerprint density at radius 2 is 0.919 bits per heavy atom. The molecule has 22 rings (SSSR count). The fourth-order valence-corrected chi connectivity index (χ4v) is 33.1. The molecule has 6 aliphatic rings. The predicted molar refractivity (Wildman–Crippen MR) is 560 cm³/mol. The number of likely N-dealkylation sites (N-methyl/N-ethyl adjacent to an activating group) is 2. The minimum absolute atomic E-state index is 0.102. The number of nitrogens with zero attached hydrogens (tertiary/aromatic N) is 3. The van der Waals surface area contributed by atoms with Crippen LogP contribution in [0.25, 0.3) is 131 Å². The van der Waals surface area contributed by atoms with Crippen molar-refractivity contribution in [3.8, 4) is 51.5 Å². The van der Waals surface area contributed by atoms with Crippen molar-refractivity contribution in [1.29, 1.82) is 0 Å². The molecule has 10 aromatic heterocycles. The lowest BCUT2D eigenvalue weighted by molar-refractivity contribution is -0.123. The summed E-state index contributed by atoms with van der Waals surface area (Å²) in [4.78, 5) is 41.1. The first kappa shape index (κ1) is 88.5. The topological polar surface area (TPSA) is 45.6 Å². The van der Waals surface area contributed by atoms with Crippen molar-refractivity contribution in [2.45, 2.75) is 64.7 Å². The number of carbonyl (C=O) groups excluding carboxylic acids is 2. The molecule has 14 heterocycles. The standard InChI is InChI=1S/C17H16.C16H16Si.C15H13N.C13H12S2.C12H12S2Si.C10H10N2O2.C10H8S2.C8H6S2.C6H6S/c2*1-4-12-9-10-14-13-7-5-6-8-15(13)17(2,3)16(14)11-12;1-3-11-8-9-13-12-6-4-5-7-14(12)16(2)15(13)10-11;1-4-8-7-10-12(15-8)11-9(5-6-14-11)13(10,2)3;1-4-8-7-10-12(14-8)11-9(5-6-13-11)15(10,2)3;1-4-7-8-6(9(13)12(7)3)5-11(2)10(8)14;1-2-8-5-6-10(12-8)9-4-3-7-11-9;1-2-6-5-8-7(10-6)3-4-9-8;1-2-6-4-3-5-7-6/h2*4-11H,1H2,2-3H3;3-10H,1H2,2H3;2*4-7H,1H2,2-3H3;4-5H,1H2,2-3H3;2-7H,1H2;2-5H,1H2;2-5H,1H2. The van der Waals surface area contributed by atoms with Crippen LogP contribution in [0.5, 0.6) is 0 Å². The zero-order valence-electron chi connectivity index (χ0n) is 71.4. The van der Waals surface area contributed by atoms with Gasteiger partial charge in [0.15, 0.2) is 0 Å². The van der Waals surface area contributed by atoms with Crippen molar-refractivity contribution in [2.75, 3.05) is 14.1 Å². The Morgan fingerprint density at radius 3 is 1.59 bits per heavy atom. The van der Waals surface area contributed by atoms with Gasteiger partial charge in [-0.1, -0.05) is 295 Å². The SMILES string of the molecule is C=CC1=C2C(=O)N(C)C=C2C(=O)N1C.C=Cc1cc2c(s1)-c1sccc1C2(C)C.C=Cc1cc2c(s1)-c1sccc1[Si]2(C)C.C=Cc1cc2sccc2s1.C=Cc1ccc(-c2cccs2)s1.C=Cc1ccc2c(c1)C(C)(C)c1ccccc1-2.C=Cc1ccc2c(c1)[Si](C)(C)c1ccccc1-2.C=Cc1ccc2c3ccccc3n(C)c2c1.C=Cc1cccs1. The van der Waals surface area contributed by atoms with Crippen LogP contribution < -0.4 is 20.7 Å². The van der Waals surface area contributed by atoms with Crippen molar-refractivity contribution >= 4 is 231 Å². The van der Waals surface area contributed by atoms with Crippen LogP contribution in [-0.4, -0.2) is 56.4 Å². The molecule has 0 saturated heterocycles. The molecule has 16 heteroatoms. The Morgan fingerprint density at radius 1 is 0.341 bits per heavy atom. The average Bonchev–Trinajstić information content (AvgIpc) is 1.62. The fraction of sp³-hybridized carbons (Fsp3) is 0.121. The molecule has 2 aliphatic carbocycles. The lowest BCUT2D eigenvalue weighted by atomic mass is 9.82. The van der Waals surface area contributed by atoms with Gasteiger partial charge in [-0.15, -0.1) is 102 Å². The van der Waals surface area contributed by atoms with Crippen LogP contribution in [0.15, 0.2) is 315 Å². The van der Waals surface area contributed by atoms with Crippen LogP contribution in [0.1, 0.15) is 91.0 Å². The van der Waals surface area contributed by atoms with E-state index in [0.717, 1.165) is 0 Å². The van der Waals surface area contributed by atoms with Crippen molar-refractivity contribution in [3.05, 3.63) is 379 Å². The number of rotatable bonds is 10. The second-order valence-corrected chi connectivity index (χ2v) is 49.8. The molecule has 0 radical (unpaired) electrons. The second kappa shape index (κ2) is 37.3. The molecule has 0 N–H and O–H groups in total. The number of benzene rings is 6. The summed E-state index contributed by atoms with van der Waals surface area (Å²) in [5, 5.41) is 19.7. The third-order valence-corrected chi connectivity index (χ3v) is 40.3. The second-order valence-electron chi connectivity index (χ2n) is 32.1. The zero-order valence-corrected chi connectivity index (χ0v) is 80.8. The van der Waals surface area contributed by atoms with Gasteiger partial charge in [0.05, 0.1) is 16.8 Å². The summed E-state index contributed by atoms with van der Waals surface area (Å²) in [6.45, 7) is 52.9. The molecule has 5 nitrogen and oxygen atoms in total. The molecule has 2 amide bonds. The number of hydrogen-bond donors (Lipinski definition) is 0. The Hall–Kier alpha value is -10.8. The summed E-state index contributed by atoms with van der Waals surface area (Å²) in [6.07, 6.45) is 18.4. The average molecular weight is 1800 g/mol. The van der Waals surface area contributed by atoms with Gasteiger partial charge >= 0.3 is 0 Å². The number of aromatic nitrogens is 1. The van der Waals surface area contributed by atoms with Crippen LogP contribution >= 0.6 is 102 Å². The highest BCUT2D eigenvalue weighted by atomic mass is 32.1. The quantitative estimate of drug-likeness (QED) is 0.128. The van der Waals surface area contributed by atoms with E-state index in [1.54, 1.807) is 97.7 Å². The first-order chi connectivity index (χ1) is 59.2. The largest absolute Gasteiger partial charge is 0.344 e. The summed E-state index contributed by atoms with van der Waals surface area (Å²) < 4.78 is 4.98. The van der Waals surface area contributed by atoms with Crippen molar-refractivity contribution < 1.29 is 9.59 Å². The third kappa shape index (κ3) is 17.4. The van der Waals surface area contributed by atoms with E-state index in [-0.39, 0.29) is 22.6 Å². The first-order valence-electron chi connectivity index (χ1n) is 40.4. The summed E-state index contributed by atoms with van der Waals surface area (Å²) in [5.74, 6) is -0.291. The van der Waals surface area contributed by atoms with Gasteiger partial charge in [-0.25, -0.2) is 0 Å². The number of aryl methyl sites for hydroxylation is 1. The molecule has 0 fully saturated rings. The molecule has 616 valence electrons. The van der Waals surface area contributed by atoms with Gasteiger partial charge in [0.25, 0.3) is 11.8 Å².